The molecule has 0 aliphatic carbocycles. The standard InChI is InChI=1S/C16H20F3N3O2S2/c1-4-8(2)5-10-9(3)26-14-12(10)13(24)21-15(22-14)25-6-11(23)20-7-16(17,18)19/h8H,4-7H2,1-3H3,(H,20,23)(H,21,22,24)/t8-/m1/s1. The normalized spacial score (nSPS) is 13.2. The van der Waals surface area contributed by atoms with Crippen molar-refractivity contribution in [2.24, 2.45) is 5.92 Å². The van der Waals surface area contributed by atoms with Crippen LogP contribution < -0.4 is 10.9 Å². The molecule has 0 saturated heterocycles. The van der Waals surface area contributed by atoms with Crippen molar-refractivity contribution >= 4 is 39.2 Å². The fourth-order valence-corrected chi connectivity index (χ4v) is 4.15. The minimum absolute atomic E-state index is 0.223. The number of aryl methyl sites for hydroxylation is 1. The van der Waals surface area contributed by atoms with Gasteiger partial charge in [0.15, 0.2) is 5.16 Å². The smallest absolute Gasteiger partial charge is 0.346 e. The minimum Gasteiger partial charge on any atom is -0.346 e. The number of hydrogen-bond acceptors (Lipinski definition) is 5. The average molecular weight is 407 g/mol. The van der Waals surface area contributed by atoms with Gasteiger partial charge in [-0.1, -0.05) is 32.0 Å². The van der Waals surface area contributed by atoms with Crippen LogP contribution in [-0.4, -0.2) is 34.3 Å². The largest absolute Gasteiger partial charge is 0.405 e. The monoisotopic (exact) mass is 407 g/mol. The summed E-state index contributed by atoms with van der Waals surface area (Å²) in [6.07, 6.45) is -2.66. The molecule has 0 radical (unpaired) electrons. The molecule has 0 spiro atoms. The third-order valence-electron chi connectivity index (χ3n) is 3.92. The predicted molar refractivity (Wildman–Crippen MR) is 97.9 cm³/mol. The van der Waals surface area contributed by atoms with E-state index >= 15 is 0 Å². The third kappa shape index (κ3) is 5.47. The van der Waals surface area contributed by atoms with Gasteiger partial charge >= 0.3 is 6.18 Å². The fraction of sp³-hybridized carbons (Fsp3) is 0.562. The molecule has 0 bridgehead atoms. The van der Waals surface area contributed by atoms with Crippen LogP contribution in [0.5, 0.6) is 0 Å². The summed E-state index contributed by atoms with van der Waals surface area (Å²) in [6, 6.07) is 0. The number of alkyl halides is 3. The zero-order valence-electron chi connectivity index (χ0n) is 14.6. The second kappa shape index (κ2) is 8.43. The van der Waals surface area contributed by atoms with Crippen LogP contribution in [0.4, 0.5) is 13.2 Å². The molecule has 2 heterocycles. The third-order valence-corrected chi connectivity index (χ3v) is 5.83. The molecule has 2 aromatic heterocycles. The van der Waals surface area contributed by atoms with Gasteiger partial charge in [0.2, 0.25) is 5.91 Å². The molecule has 144 valence electrons. The number of hydrogen-bond donors (Lipinski definition) is 2. The maximum Gasteiger partial charge on any atom is 0.405 e. The molecular weight excluding hydrogens is 387 g/mol. The molecule has 0 aromatic carbocycles. The van der Waals surface area contributed by atoms with E-state index in [-0.39, 0.29) is 16.5 Å². The van der Waals surface area contributed by atoms with Crippen molar-refractivity contribution in [1.29, 1.82) is 0 Å². The summed E-state index contributed by atoms with van der Waals surface area (Å²) in [6.45, 7) is 4.78. The van der Waals surface area contributed by atoms with Crippen LogP contribution in [0, 0.1) is 12.8 Å². The fourth-order valence-electron chi connectivity index (χ4n) is 2.35. The van der Waals surface area contributed by atoms with Crippen molar-refractivity contribution in [2.75, 3.05) is 12.3 Å². The highest BCUT2D eigenvalue weighted by Crippen LogP contribution is 2.30. The highest BCUT2D eigenvalue weighted by molar-refractivity contribution is 7.99. The Morgan fingerprint density at radius 3 is 2.73 bits per heavy atom. The van der Waals surface area contributed by atoms with E-state index in [4.69, 9.17) is 0 Å². The van der Waals surface area contributed by atoms with E-state index in [2.05, 4.69) is 23.8 Å². The van der Waals surface area contributed by atoms with Crippen LogP contribution in [0.3, 0.4) is 0 Å². The Labute approximate surface area is 156 Å². The van der Waals surface area contributed by atoms with E-state index in [0.29, 0.717) is 16.1 Å². The molecule has 0 aliphatic rings. The van der Waals surface area contributed by atoms with Gasteiger partial charge < -0.3 is 10.3 Å². The Morgan fingerprint density at radius 2 is 2.12 bits per heavy atom. The lowest BCUT2D eigenvalue weighted by atomic mass is 9.98. The van der Waals surface area contributed by atoms with Crippen LogP contribution in [0.25, 0.3) is 10.2 Å². The van der Waals surface area contributed by atoms with E-state index < -0.39 is 18.6 Å². The number of carbonyl (C=O) groups excluding carboxylic acids is 1. The van der Waals surface area contributed by atoms with E-state index in [1.807, 2.05) is 6.92 Å². The number of thiophene rings is 1. The number of fused-ring (bicyclic) bond motifs is 1. The van der Waals surface area contributed by atoms with Gasteiger partial charge in [-0.25, -0.2) is 4.98 Å². The number of thioether (sulfide) groups is 1. The molecule has 2 rings (SSSR count). The van der Waals surface area contributed by atoms with E-state index in [1.165, 1.54) is 11.3 Å². The second-order valence-electron chi connectivity index (χ2n) is 6.09. The first-order valence-electron chi connectivity index (χ1n) is 8.09. The quantitative estimate of drug-likeness (QED) is 0.543. The summed E-state index contributed by atoms with van der Waals surface area (Å²) in [5.41, 5.74) is 0.712. The minimum atomic E-state index is -4.45. The van der Waals surface area contributed by atoms with Crippen LogP contribution in [-0.2, 0) is 11.2 Å². The summed E-state index contributed by atoms with van der Waals surface area (Å²) in [4.78, 5) is 32.5. The van der Waals surface area contributed by atoms with Gasteiger partial charge in [0.25, 0.3) is 5.56 Å². The maximum absolute atomic E-state index is 12.5. The number of halogens is 3. The zero-order valence-corrected chi connectivity index (χ0v) is 16.3. The molecule has 0 fully saturated rings. The SMILES string of the molecule is CC[C@@H](C)Cc1c(C)sc2nc(SCC(=O)NCC(F)(F)F)[nH]c(=O)c12. The number of nitrogens with zero attached hydrogens (tertiary/aromatic N) is 1. The molecule has 1 amide bonds. The van der Waals surface area contributed by atoms with Crippen molar-refractivity contribution in [3.63, 3.8) is 0 Å². The number of aromatic nitrogens is 2. The molecular formula is C16H20F3N3O2S2. The number of nitrogens with one attached hydrogen (secondary N) is 2. The number of aromatic amines is 1. The molecule has 0 saturated carbocycles. The predicted octanol–water partition coefficient (Wildman–Crippen LogP) is 3.65. The number of rotatable bonds is 7. The van der Waals surface area contributed by atoms with Gasteiger partial charge in [0, 0.05) is 4.88 Å². The molecule has 26 heavy (non-hydrogen) atoms. The van der Waals surface area contributed by atoms with Crippen LogP contribution >= 0.6 is 23.1 Å². The number of amides is 1. The zero-order chi connectivity index (χ0) is 19.5. The molecule has 10 heteroatoms. The maximum atomic E-state index is 12.5. The van der Waals surface area contributed by atoms with Crippen molar-refractivity contribution in [3.8, 4) is 0 Å². The van der Waals surface area contributed by atoms with E-state index in [9.17, 15) is 22.8 Å². The average Bonchev–Trinajstić information content (AvgIpc) is 2.86. The Kier molecular flexibility index (Phi) is 6.73. The van der Waals surface area contributed by atoms with Gasteiger partial charge in [-0.2, -0.15) is 13.2 Å². The van der Waals surface area contributed by atoms with Crippen LogP contribution in [0.2, 0.25) is 0 Å². The Morgan fingerprint density at radius 1 is 1.42 bits per heavy atom. The van der Waals surface area contributed by atoms with Crippen LogP contribution in [0.1, 0.15) is 30.7 Å². The lowest BCUT2D eigenvalue weighted by Crippen LogP contribution is -2.34. The van der Waals surface area contributed by atoms with Crippen LogP contribution in [0.15, 0.2) is 9.95 Å². The Balaban J connectivity index is 2.14. The summed E-state index contributed by atoms with van der Waals surface area (Å²) in [5, 5.41) is 2.58. The highest BCUT2D eigenvalue weighted by Gasteiger charge is 2.27. The van der Waals surface area contributed by atoms with Crippen molar-refractivity contribution < 1.29 is 18.0 Å². The first-order valence-corrected chi connectivity index (χ1v) is 9.89. The van der Waals surface area contributed by atoms with Gasteiger partial charge in [0.1, 0.15) is 11.4 Å². The van der Waals surface area contributed by atoms with E-state index in [1.54, 1.807) is 5.32 Å². The summed E-state index contributed by atoms with van der Waals surface area (Å²) in [5.74, 6) is -0.582. The molecule has 0 aliphatic heterocycles. The molecule has 1 atom stereocenters. The molecule has 2 aromatic rings. The highest BCUT2D eigenvalue weighted by atomic mass is 32.2. The summed E-state index contributed by atoms with van der Waals surface area (Å²) >= 11 is 2.32. The van der Waals surface area contributed by atoms with Gasteiger partial charge in [-0.3, -0.25) is 9.59 Å². The summed E-state index contributed by atoms with van der Waals surface area (Å²) in [7, 11) is 0. The molecule has 5 nitrogen and oxygen atoms in total. The van der Waals surface area contributed by atoms with Crippen molar-refractivity contribution in [3.05, 3.63) is 20.8 Å². The molecule has 0 unspecified atom stereocenters. The lowest BCUT2D eigenvalue weighted by Gasteiger charge is -2.08. The Hall–Kier alpha value is -1.55. The Bertz CT molecular complexity index is 846. The van der Waals surface area contributed by atoms with E-state index in [0.717, 1.165) is 35.0 Å². The summed E-state index contributed by atoms with van der Waals surface area (Å²) < 4.78 is 36.2. The lowest BCUT2D eigenvalue weighted by molar-refractivity contribution is -0.136. The number of H-pyrrole nitrogens is 1. The van der Waals surface area contributed by atoms with Gasteiger partial charge in [-0.15, -0.1) is 11.3 Å². The van der Waals surface area contributed by atoms with Crippen molar-refractivity contribution in [2.45, 2.75) is 44.9 Å². The second-order valence-corrected chi connectivity index (χ2v) is 8.25. The first kappa shape index (κ1) is 20.8. The van der Waals surface area contributed by atoms with Crippen molar-refractivity contribution in [1.82, 2.24) is 15.3 Å². The number of carbonyl (C=O) groups is 1. The molecule has 2 N–H and O–H groups in total. The van der Waals surface area contributed by atoms with Gasteiger partial charge in [-0.05, 0) is 24.8 Å². The van der Waals surface area contributed by atoms with Gasteiger partial charge in [0.05, 0.1) is 11.1 Å². The topological polar surface area (TPSA) is 74.8 Å². The first-order chi connectivity index (χ1) is 12.1.